The van der Waals surface area contributed by atoms with Crippen molar-refractivity contribution < 1.29 is 33.4 Å². The fraction of sp³-hybridized carbons (Fsp3) is 0.545. The van der Waals surface area contributed by atoms with Crippen molar-refractivity contribution in [2.45, 2.75) is 95.2 Å². The van der Waals surface area contributed by atoms with Crippen molar-refractivity contribution in [1.82, 2.24) is 25.5 Å². The lowest BCUT2D eigenvalue weighted by molar-refractivity contribution is -0.134. The number of aliphatic hydroxyl groups is 1. The zero-order valence-electron chi connectivity index (χ0n) is 34.9. The molecule has 5 aliphatic rings. The van der Waals surface area contributed by atoms with Crippen molar-refractivity contribution in [2.24, 2.45) is 5.41 Å². The van der Waals surface area contributed by atoms with E-state index in [2.05, 4.69) is 25.8 Å². The molecule has 4 N–H and O–H groups in total. The largest absolute Gasteiger partial charge is 0.495 e. The summed E-state index contributed by atoms with van der Waals surface area (Å²) < 4.78 is 21.0. The first-order valence-electron chi connectivity index (χ1n) is 21.3. The van der Waals surface area contributed by atoms with Crippen LogP contribution in [0.5, 0.6) is 5.75 Å². The van der Waals surface area contributed by atoms with E-state index in [0.717, 1.165) is 38.8 Å². The molecular formula is C44H56FN9O6. The molecule has 8 rings (SSSR count). The van der Waals surface area contributed by atoms with Crippen molar-refractivity contribution in [3.8, 4) is 5.75 Å². The molecule has 0 bridgehead atoms. The number of carbonyl (C=O) groups excluding carboxylic acids is 4. The van der Waals surface area contributed by atoms with Crippen molar-refractivity contribution in [3.05, 3.63) is 59.5 Å². The van der Waals surface area contributed by atoms with E-state index < -0.39 is 17.3 Å². The Morgan fingerprint density at radius 3 is 2.43 bits per heavy atom. The number of anilines is 5. The van der Waals surface area contributed by atoms with E-state index in [0.29, 0.717) is 97.6 Å². The minimum absolute atomic E-state index is 0.0197. The number of methoxy groups -OCH3 is 1. The number of piperidine rings is 3. The third-order valence-electron chi connectivity index (χ3n) is 13.6. The lowest BCUT2D eigenvalue weighted by atomic mass is 9.60. The highest BCUT2D eigenvalue weighted by Crippen LogP contribution is 2.49. The van der Waals surface area contributed by atoms with E-state index in [1.807, 2.05) is 23.6 Å². The summed E-state index contributed by atoms with van der Waals surface area (Å²) in [4.78, 5) is 67.3. The molecule has 3 saturated heterocycles. The summed E-state index contributed by atoms with van der Waals surface area (Å²) in [6.07, 6.45) is 7.83. The first kappa shape index (κ1) is 41.4. The van der Waals surface area contributed by atoms with Crippen LogP contribution in [0.4, 0.5) is 33.2 Å². The molecule has 2 atom stereocenters. The molecule has 1 aromatic heterocycles. The quantitative estimate of drug-likeness (QED) is 0.200. The molecule has 3 aromatic rings. The first-order chi connectivity index (χ1) is 28.8. The summed E-state index contributed by atoms with van der Waals surface area (Å²) in [6.45, 7) is 8.01. The molecule has 60 heavy (non-hydrogen) atoms. The SMILES string of the molecule is CC[C@@H]1C(=O)N(C)c2cnc(Nc3ccc(C(=O)NC4CC5(CCN(CC6(O)CCN(c7ccc(C8CCC(=O)NC8=O)cc7F)CC6)CC5)C4)cc3OC)nc2N1CC. The number of imide groups is 1. The third kappa shape index (κ3) is 8.10. The molecule has 15 nitrogen and oxygen atoms in total. The van der Waals surface area contributed by atoms with Crippen LogP contribution in [0.3, 0.4) is 0 Å². The van der Waals surface area contributed by atoms with E-state index in [1.54, 1.807) is 55.6 Å². The topological polar surface area (TPSA) is 173 Å². The number of hydrogen-bond acceptors (Lipinski definition) is 12. The highest BCUT2D eigenvalue weighted by atomic mass is 19.1. The highest BCUT2D eigenvalue weighted by Gasteiger charge is 2.47. The van der Waals surface area contributed by atoms with Gasteiger partial charge in [0.1, 0.15) is 23.3 Å². The maximum Gasteiger partial charge on any atom is 0.251 e. The molecule has 16 heteroatoms. The Balaban J connectivity index is 0.796. The second kappa shape index (κ2) is 16.6. The summed E-state index contributed by atoms with van der Waals surface area (Å²) in [6, 6.07) is 9.94. The van der Waals surface area contributed by atoms with Gasteiger partial charge in [0.15, 0.2) is 5.82 Å². The van der Waals surface area contributed by atoms with Crippen LogP contribution in [0.2, 0.25) is 0 Å². The van der Waals surface area contributed by atoms with Gasteiger partial charge in [0.2, 0.25) is 23.7 Å². The summed E-state index contributed by atoms with van der Waals surface area (Å²) in [5.41, 5.74) is 2.13. The average molecular weight is 826 g/mol. The van der Waals surface area contributed by atoms with E-state index in [-0.39, 0.29) is 47.5 Å². The number of likely N-dealkylation sites (N-methyl/N-ethyl adjacent to an activating group) is 2. The van der Waals surface area contributed by atoms with Crippen molar-refractivity contribution in [3.63, 3.8) is 0 Å². The molecular weight excluding hydrogens is 770 g/mol. The van der Waals surface area contributed by atoms with Crippen LogP contribution >= 0.6 is 0 Å². The number of fused-ring (bicyclic) bond motifs is 1. The van der Waals surface area contributed by atoms with Gasteiger partial charge in [-0.15, -0.1) is 0 Å². The minimum atomic E-state index is -0.854. The fourth-order valence-corrected chi connectivity index (χ4v) is 10.0. The van der Waals surface area contributed by atoms with Gasteiger partial charge in [-0.05, 0) is 113 Å². The van der Waals surface area contributed by atoms with E-state index >= 15 is 4.39 Å². The smallest absolute Gasteiger partial charge is 0.251 e. The number of aromatic nitrogens is 2. The summed E-state index contributed by atoms with van der Waals surface area (Å²) in [7, 11) is 3.30. The fourth-order valence-electron chi connectivity index (χ4n) is 10.0. The van der Waals surface area contributed by atoms with Crippen LogP contribution in [-0.4, -0.2) is 115 Å². The number of nitrogens with one attached hydrogen (secondary N) is 3. The summed E-state index contributed by atoms with van der Waals surface area (Å²) >= 11 is 0. The number of amides is 4. The number of halogens is 1. The van der Waals surface area contributed by atoms with Gasteiger partial charge in [-0.1, -0.05) is 13.0 Å². The van der Waals surface area contributed by atoms with Crippen molar-refractivity contribution in [2.75, 3.05) is 73.4 Å². The van der Waals surface area contributed by atoms with Crippen molar-refractivity contribution >= 4 is 52.5 Å². The number of nitrogens with zero attached hydrogens (tertiary/aromatic N) is 6. The number of carbonyl (C=O) groups is 4. The predicted octanol–water partition coefficient (Wildman–Crippen LogP) is 4.48. The molecule has 4 aliphatic heterocycles. The third-order valence-corrected chi connectivity index (χ3v) is 13.6. The molecule has 320 valence electrons. The Hall–Kier alpha value is -5.35. The van der Waals surface area contributed by atoms with Gasteiger partial charge in [-0.3, -0.25) is 24.5 Å². The van der Waals surface area contributed by atoms with E-state index in [4.69, 9.17) is 9.72 Å². The zero-order valence-corrected chi connectivity index (χ0v) is 34.9. The Bertz CT molecular complexity index is 2150. The zero-order chi connectivity index (χ0) is 42.3. The number of rotatable bonds is 11. The first-order valence-corrected chi connectivity index (χ1v) is 21.3. The lowest BCUT2D eigenvalue weighted by Gasteiger charge is -2.53. The number of benzene rings is 2. The molecule has 4 fully saturated rings. The van der Waals surface area contributed by atoms with Gasteiger partial charge in [-0.25, -0.2) is 9.37 Å². The maximum atomic E-state index is 15.3. The van der Waals surface area contributed by atoms with Crippen LogP contribution in [0.25, 0.3) is 0 Å². The lowest BCUT2D eigenvalue weighted by Crippen LogP contribution is -2.57. The van der Waals surface area contributed by atoms with Crippen LogP contribution in [0.15, 0.2) is 42.6 Å². The summed E-state index contributed by atoms with van der Waals surface area (Å²) in [5.74, 6) is -0.226. The Morgan fingerprint density at radius 1 is 1.02 bits per heavy atom. The minimum Gasteiger partial charge on any atom is -0.495 e. The molecule has 4 amide bonds. The van der Waals surface area contributed by atoms with Gasteiger partial charge in [0.25, 0.3) is 5.91 Å². The molecule has 2 aromatic carbocycles. The van der Waals surface area contributed by atoms with Gasteiger partial charge >= 0.3 is 0 Å². The molecule has 1 aliphatic carbocycles. The van der Waals surface area contributed by atoms with Crippen LogP contribution < -0.4 is 35.4 Å². The van der Waals surface area contributed by atoms with E-state index in [9.17, 15) is 24.3 Å². The normalized spacial score (nSPS) is 22.9. The van der Waals surface area contributed by atoms with Crippen LogP contribution in [0.1, 0.15) is 93.5 Å². The van der Waals surface area contributed by atoms with Crippen LogP contribution in [-0.2, 0) is 14.4 Å². The van der Waals surface area contributed by atoms with Crippen LogP contribution in [0, 0.1) is 11.2 Å². The Morgan fingerprint density at radius 2 is 1.77 bits per heavy atom. The average Bonchev–Trinajstić information content (AvgIpc) is 3.22. The number of hydrogen-bond donors (Lipinski definition) is 4. The van der Waals surface area contributed by atoms with Crippen molar-refractivity contribution in [1.29, 1.82) is 0 Å². The standard InChI is InChI=1S/C44H56FN9O6/c1-5-33-41(58)51(3)35-25-46-42(50-38(35)54(33)6-2)48-32-10-7-28(22-36(32)60-4)39(56)47-29-23-43(24-29)13-17-52(18-14-43)26-44(59)15-19-53(20-16-44)34-11-8-27(21-31(34)45)30-9-12-37(55)49-40(30)57/h7-8,10-11,21-22,25,29-30,33,59H,5-6,9,12-20,23-24,26H2,1-4H3,(H,47,56)(H,46,48,50)(H,49,55,57)/t30?,33-/m1/s1. The number of likely N-dealkylation sites (tertiary alicyclic amines) is 1. The highest BCUT2D eigenvalue weighted by molar-refractivity contribution is 6.04. The molecule has 1 saturated carbocycles. The number of β-amino-alcohol motifs (C(OH)–C–C–N with tert-alkyl or cyclic N) is 1. The molecule has 0 radical (unpaired) electrons. The monoisotopic (exact) mass is 825 g/mol. The Kier molecular flexibility index (Phi) is 11.5. The van der Waals surface area contributed by atoms with Gasteiger partial charge in [0.05, 0.1) is 36.2 Å². The molecule has 1 unspecified atom stereocenters. The maximum absolute atomic E-state index is 15.3. The second-order valence-electron chi connectivity index (χ2n) is 17.3. The van der Waals surface area contributed by atoms with Gasteiger partial charge in [0, 0.05) is 51.3 Å². The predicted molar refractivity (Wildman–Crippen MR) is 225 cm³/mol. The van der Waals surface area contributed by atoms with Gasteiger partial charge in [-0.2, -0.15) is 4.98 Å². The second-order valence-corrected chi connectivity index (χ2v) is 17.3. The molecule has 5 heterocycles. The summed E-state index contributed by atoms with van der Waals surface area (Å²) in [5, 5.41) is 20.4. The number of ether oxygens (including phenoxy) is 1. The Labute approximate surface area is 350 Å². The van der Waals surface area contributed by atoms with E-state index in [1.165, 1.54) is 6.07 Å². The van der Waals surface area contributed by atoms with Gasteiger partial charge < -0.3 is 40.1 Å². The molecule has 1 spiro atoms.